The van der Waals surface area contributed by atoms with Crippen molar-refractivity contribution in [3.8, 4) is 6.07 Å². The van der Waals surface area contributed by atoms with E-state index in [9.17, 15) is 14.0 Å². The number of amides is 3. The Kier molecular flexibility index (Phi) is 6.63. The minimum atomic E-state index is -0.422. The summed E-state index contributed by atoms with van der Waals surface area (Å²) in [6.45, 7) is 2.76. The van der Waals surface area contributed by atoms with E-state index < -0.39 is 6.03 Å². The average Bonchev–Trinajstić information content (AvgIpc) is 2.74. The van der Waals surface area contributed by atoms with Gasteiger partial charge in [0.05, 0.1) is 11.6 Å². The van der Waals surface area contributed by atoms with Crippen molar-refractivity contribution in [2.24, 2.45) is 0 Å². The largest absolute Gasteiger partial charge is 0.368 e. The quantitative estimate of drug-likeness (QED) is 0.814. The van der Waals surface area contributed by atoms with Gasteiger partial charge in [0.2, 0.25) is 5.91 Å². The monoisotopic (exact) mass is 395 g/mol. The van der Waals surface area contributed by atoms with Crippen LogP contribution in [0, 0.1) is 17.1 Å². The van der Waals surface area contributed by atoms with Gasteiger partial charge in [-0.15, -0.1) is 0 Å². The lowest BCUT2D eigenvalue weighted by Crippen LogP contribution is -2.49. The second kappa shape index (κ2) is 9.55. The second-order valence-corrected chi connectivity index (χ2v) is 6.67. The second-order valence-electron chi connectivity index (χ2n) is 6.67. The van der Waals surface area contributed by atoms with Gasteiger partial charge in [0.25, 0.3) is 0 Å². The summed E-state index contributed by atoms with van der Waals surface area (Å²) in [5.41, 5.74) is 1.92. The number of nitrogens with one attached hydrogen (secondary N) is 2. The Morgan fingerprint density at radius 1 is 1.07 bits per heavy atom. The minimum Gasteiger partial charge on any atom is -0.368 e. The minimum absolute atomic E-state index is 0.0180. The van der Waals surface area contributed by atoms with Crippen LogP contribution in [0.5, 0.6) is 0 Å². The number of halogens is 1. The van der Waals surface area contributed by atoms with Crippen LogP contribution in [-0.4, -0.2) is 49.6 Å². The van der Waals surface area contributed by atoms with E-state index in [4.69, 9.17) is 5.26 Å². The van der Waals surface area contributed by atoms with Gasteiger partial charge >= 0.3 is 6.03 Å². The van der Waals surface area contributed by atoms with Crippen molar-refractivity contribution in [3.05, 3.63) is 59.9 Å². The number of nitriles is 1. The molecule has 1 heterocycles. The van der Waals surface area contributed by atoms with E-state index in [-0.39, 0.29) is 24.7 Å². The number of nitrogens with zero attached hydrogens (tertiary/aromatic N) is 3. The van der Waals surface area contributed by atoms with Gasteiger partial charge in [-0.1, -0.05) is 6.07 Å². The number of hydrogen-bond donors (Lipinski definition) is 2. The molecular formula is C21H22FN5O2. The third-order valence-electron chi connectivity index (χ3n) is 4.70. The van der Waals surface area contributed by atoms with Crippen LogP contribution in [0.2, 0.25) is 0 Å². The van der Waals surface area contributed by atoms with Gasteiger partial charge < -0.3 is 20.4 Å². The zero-order valence-electron chi connectivity index (χ0n) is 15.9. The van der Waals surface area contributed by atoms with Gasteiger partial charge in [0, 0.05) is 50.5 Å². The Hall–Kier alpha value is -3.60. The Balaban J connectivity index is 1.38. The summed E-state index contributed by atoms with van der Waals surface area (Å²) < 4.78 is 13.0. The van der Waals surface area contributed by atoms with Crippen LogP contribution < -0.4 is 15.5 Å². The number of piperazine rings is 1. The lowest BCUT2D eigenvalue weighted by molar-refractivity contribution is -0.131. The zero-order chi connectivity index (χ0) is 20.6. The highest BCUT2D eigenvalue weighted by Crippen LogP contribution is 2.17. The standard InChI is InChI=1S/C21H22FN5O2/c22-17-4-6-19(7-5-17)26-10-12-27(13-11-26)20(28)8-9-24-21(29)25-18-3-1-2-16(14-18)15-23/h1-7,14H,8-13H2,(H2,24,25,29). The molecule has 8 heteroatoms. The summed E-state index contributed by atoms with van der Waals surface area (Å²) >= 11 is 0. The van der Waals surface area contributed by atoms with Crippen molar-refractivity contribution >= 4 is 23.3 Å². The third kappa shape index (κ3) is 5.69. The van der Waals surface area contributed by atoms with Gasteiger partial charge in [-0.2, -0.15) is 5.26 Å². The van der Waals surface area contributed by atoms with Crippen LogP contribution in [0.25, 0.3) is 0 Å². The lowest BCUT2D eigenvalue weighted by atomic mass is 10.2. The highest BCUT2D eigenvalue weighted by molar-refractivity contribution is 5.89. The normalized spacial score (nSPS) is 13.5. The molecule has 7 nitrogen and oxygen atoms in total. The summed E-state index contributed by atoms with van der Waals surface area (Å²) in [5, 5.41) is 14.2. The van der Waals surface area contributed by atoms with E-state index in [2.05, 4.69) is 15.5 Å². The van der Waals surface area contributed by atoms with E-state index in [0.29, 0.717) is 37.4 Å². The van der Waals surface area contributed by atoms with E-state index in [1.807, 2.05) is 6.07 Å². The van der Waals surface area contributed by atoms with Crippen LogP contribution in [0.15, 0.2) is 48.5 Å². The van der Waals surface area contributed by atoms with Crippen LogP contribution in [-0.2, 0) is 4.79 Å². The van der Waals surface area contributed by atoms with Crippen molar-refractivity contribution in [1.29, 1.82) is 5.26 Å². The molecule has 29 heavy (non-hydrogen) atoms. The van der Waals surface area contributed by atoms with Crippen LogP contribution >= 0.6 is 0 Å². The fourth-order valence-electron chi connectivity index (χ4n) is 3.15. The highest BCUT2D eigenvalue weighted by Gasteiger charge is 2.21. The SMILES string of the molecule is N#Cc1cccc(NC(=O)NCCC(=O)N2CCN(c3ccc(F)cc3)CC2)c1. The maximum atomic E-state index is 13.0. The van der Waals surface area contributed by atoms with E-state index in [1.165, 1.54) is 12.1 Å². The molecule has 2 N–H and O–H groups in total. The van der Waals surface area contributed by atoms with Crippen molar-refractivity contribution < 1.29 is 14.0 Å². The first-order valence-corrected chi connectivity index (χ1v) is 9.38. The van der Waals surface area contributed by atoms with Crippen molar-refractivity contribution in [2.45, 2.75) is 6.42 Å². The first-order chi connectivity index (χ1) is 14.0. The number of rotatable bonds is 5. The molecule has 0 aromatic heterocycles. The van der Waals surface area contributed by atoms with Gasteiger partial charge in [-0.05, 0) is 42.5 Å². The zero-order valence-corrected chi connectivity index (χ0v) is 15.9. The summed E-state index contributed by atoms with van der Waals surface area (Å²) in [5.74, 6) is -0.285. The Labute approximate surface area is 168 Å². The third-order valence-corrected chi connectivity index (χ3v) is 4.70. The predicted molar refractivity (Wildman–Crippen MR) is 108 cm³/mol. The van der Waals surface area contributed by atoms with E-state index in [1.54, 1.807) is 41.3 Å². The first kappa shape index (κ1) is 20.1. The molecule has 2 aromatic carbocycles. The molecule has 1 aliphatic rings. The number of benzene rings is 2. The topological polar surface area (TPSA) is 88.5 Å². The molecule has 0 aliphatic carbocycles. The molecule has 3 amide bonds. The molecular weight excluding hydrogens is 373 g/mol. The van der Waals surface area contributed by atoms with Crippen LogP contribution in [0.4, 0.5) is 20.6 Å². The molecule has 0 saturated carbocycles. The van der Waals surface area contributed by atoms with Crippen LogP contribution in [0.1, 0.15) is 12.0 Å². The molecule has 2 aromatic rings. The maximum Gasteiger partial charge on any atom is 0.319 e. The average molecular weight is 395 g/mol. The molecule has 0 spiro atoms. The number of hydrogen-bond acceptors (Lipinski definition) is 4. The van der Waals surface area contributed by atoms with Crippen molar-refractivity contribution in [3.63, 3.8) is 0 Å². The van der Waals surface area contributed by atoms with Crippen LogP contribution in [0.3, 0.4) is 0 Å². The maximum absolute atomic E-state index is 13.0. The molecule has 1 saturated heterocycles. The van der Waals surface area contributed by atoms with Gasteiger partial charge in [-0.25, -0.2) is 9.18 Å². The fourth-order valence-corrected chi connectivity index (χ4v) is 3.15. The molecule has 0 bridgehead atoms. The molecule has 0 atom stereocenters. The van der Waals surface area contributed by atoms with Crippen molar-refractivity contribution in [2.75, 3.05) is 42.9 Å². The van der Waals surface area contributed by atoms with E-state index >= 15 is 0 Å². The summed E-state index contributed by atoms with van der Waals surface area (Å²) in [6, 6.07) is 14.5. The summed E-state index contributed by atoms with van der Waals surface area (Å²) in [6.07, 6.45) is 0.211. The Bertz CT molecular complexity index is 902. The smallest absolute Gasteiger partial charge is 0.319 e. The Morgan fingerprint density at radius 3 is 2.48 bits per heavy atom. The van der Waals surface area contributed by atoms with E-state index in [0.717, 1.165) is 5.69 Å². The number of urea groups is 1. The molecule has 150 valence electrons. The first-order valence-electron chi connectivity index (χ1n) is 9.38. The summed E-state index contributed by atoms with van der Waals surface area (Å²) in [4.78, 5) is 28.2. The molecule has 0 unspecified atom stereocenters. The number of anilines is 2. The molecule has 1 aliphatic heterocycles. The predicted octanol–water partition coefficient (Wildman–Crippen LogP) is 2.56. The van der Waals surface area contributed by atoms with Crippen molar-refractivity contribution in [1.82, 2.24) is 10.2 Å². The fraction of sp³-hybridized carbons (Fsp3) is 0.286. The van der Waals surface area contributed by atoms with Gasteiger partial charge in [0.15, 0.2) is 0 Å². The van der Waals surface area contributed by atoms with Gasteiger partial charge in [0.1, 0.15) is 5.82 Å². The molecule has 3 rings (SSSR count). The highest BCUT2D eigenvalue weighted by atomic mass is 19.1. The lowest BCUT2D eigenvalue weighted by Gasteiger charge is -2.36. The molecule has 1 fully saturated rings. The van der Waals surface area contributed by atoms with Gasteiger partial charge in [-0.3, -0.25) is 4.79 Å². The summed E-state index contributed by atoms with van der Waals surface area (Å²) in [7, 11) is 0. The Morgan fingerprint density at radius 2 is 1.79 bits per heavy atom. The molecule has 0 radical (unpaired) electrons. The number of carbonyl (C=O) groups is 2. The number of carbonyl (C=O) groups excluding carboxylic acids is 2.